The minimum Gasteiger partial charge on any atom is -0.404 e. The maximum Gasteiger partial charge on any atom is 0.515 e. The van der Waals surface area contributed by atoms with E-state index in [0.29, 0.717) is 13.1 Å². The Morgan fingerprint density at radius 2 is 1.15 bits per heavy atom. The van der Waals surface area contributed by atoms with Crippen molar-refractivity contribution in [1.82, 2.24) is 4.67 Å². The Kier molecular flexibility index (Phi) is 6.49. The van der Waals surface area contributed by atoms with Crippen molar-refractivity contribution in [2.75, 3.05) is 13.1 Å². The second-order valence-electron chi connectivity index (χ2n) is 5.29. The molecule has 0 saturated carbocycles. The molecule has 0 fully saturated rings. The monoisotopic (exact) mass is 395 g/mol. The highest BCUT2D eigenvalue weighted by Gasteiger charge is 2.35. The van der Waals surface area contributed by atoms with Gasteiger partial charge in [0.05, 0.1) is 9.85 Å². The van der Waals surface area contributed by atoms with Crippen LogP contribution in [0.25, 0.3) is 0 Å². The Bertz CT molecular complexity index is 788. The quantitative estimate of drug-likeness (QED) is 0.347. The lowest BCUT2D eigenvalue weighted by molar-refractivity contribution is -0.385. The molecule has 10 nitrogen and oxygen atoms in total. The number of hydrogen-bond donors (Lipinski definition) is 0. The number of nitro benzene ring substituents is 2. The average Bonchev–Trinajstić information content (AvgIpc) is 2.63. The molecule has 0 saturated heterocycles. The van der Waals surface area contributed by atoms with Gasteiger partial charge in [-0.1, -0.05) is 13.8 Å². The summed E-state index contributed by atoms with van der Waals surface area (Å²) >= 11 is 0. The zero-order valence-electron chi connectivity index (χ0n) is 14.7. The van der Waals surface area contributed by atoms with Crippen LogP contribution in [0.4, 0.5) is 11.4 Å². The molecule has 0 aromatic heterocycles. The van der Waals surface area contributed by atoms with Crippen LogP contribution in [0.15, 0.2) is 48.5 Å². The van der Waals surface area contributed by atoms with Crippen LogP contribution in [0.5, 0.6) is 11.5 Å². The molecule has 2 rings (SSSR count). The van der Waals surface area contributed by atoms with Crippen LogP contribution in [-0.4, -0.2) is 27.6 Å². The first kappa shape index (κ1) is 20.3. The van der Waals surface area contributed by atoms with Crippen molar-refractivity contribution in [3.05, 3.63) is 68.8 Å². The largest absolute Gasteiger partial charge is 0.515 e. The summed E-state index contributed by atoms with van der Waals surface area (Å²) in [6.07, 6.45) is 0. The van der Waals surface area contributed by atoms with E-state index >= 15 is 0 Å². The van der Waals surface area contributed by atoms with Crippen molar-refractivity contribution in [3.8, 4) is 11.5 Å². The Labute approximate surface area is 155 Å². The molecule has 0 aliphatic rings. The summed E-state index contributed by atoms with van der Waals surface area (Å²) in [4.78, 5) is 20.4. The van der Waals surface area contributed by atoms with E-state index in [1.165, 1.54) is 53.2 Å². The Morgan fingerprint density at radius 3 is 1.41 bits per heavy atom. The van der Waals surface area contributed by atoms with Gasteiger partial charge >= 0.3 is 7.75 Å². The zero-order valence-corrected chi connectivity index (χ0v) is 15.6. The normalized spacial score (nSPS) is 11.2. The molecule has 0 unspecified atom stereocenters. The van der Waals surface area contributed by atoms with Gasteiger partial charge in [-0.15, -0.1) is 0 Å². The minimum atomic E-state index is -3.86. The van der Waals surface area contributed by atoms with Crippen molar-refractivity contribution < 1.29 is 23.5 Å². The molecule has 0 aliphatic heterocycles. The van der Waals surface area contributed by atoms with Gasteiger partial charge in [-0.3, -0.25) is 20.2 Å². The zero-order chi connectivity index (χ0) is 20.0. The van der Waals surface area contributed by atoms with Gasteiger partial charge < -0.3 is 9.05 Å². The number of benzene rings is 2. The van der Waals surface area contributed by atoms with Gasteiger partial charge in [0, 0.05) is 37.4 Å². The third kappa shape index (κ3) is 5.02. The summed E-state index contributed by atoms with van der Waals surface area (Å²) < 4.78 is 26.0. The van der Waals surface area contributed by atoms with Crippen molar-refractivity contribution >= 4 is 19.1 Å². The second-order valence-corrected chi connectivity index (χ2v) is 7.16. The van der Waals surface area contributed by atoms with E-state index in [0.717, 1.165) is 0 Å². The summed E-state index contributed by atoms with van der Waals surface area (Å²) in [6, 6.07) is 10.2. The lowest BCUT2D eigenvalue weighted by Gasteiger charge is -2.28. The van der Waals surface area contributed by atoms with E-state index in [1.807, 2.05) is 0 Å². The smallest absolute Gasteiger partial charge is 0.404 e. The molecule has 0 heterocycles. The fraction of sp³-hybridized carbons (Fsp3) is 0.250. The van der Waals surface area contributed by atoms with Crippen molar-refractivity contribution in [3.63, 3.8) is 0 Å². The van der Waals surface area contributed by atoms with E-state index in [4.69, 9.17) is 9.05 Å². The molecule has 11 heteroatoms. The topological polar surface area (TPSA) is 125 Å². The van der Waals surface area contributed by atoms with Crippen LogP contribution in [0.3, 0.4) is 0 Å². The molecular formula is C16H18N3O7P. The summed E-state index contributed by atoms with van der Waals surface area (Å²) in [5.74, 6) is 0.274. The van der Waals surface area contributed by atoms with Gasteiger partial charge in [-0.25, -0.2) is 4.57 Å². The lowest BCUT2D eigenvalue weighted by Crippen LogP contribution is -2.25. The van der Waals surface area contributed by atoms with E-state index < -0.39 is 17.6 Å². The highest BCUT2D eigenvalue weighted by Crippen LogP contribution is 2.51. The SMILES string of the molecule is CCN(CC)P(=O)(Oc1ccc([N+](=O)[O-])cc1)Oc1ccc([N+](=O)[O-])cc1. The van der Waals surface area contributed by atoms with Crippen LogP contribution in [0, 0.1) is 20.2 Å². The molecule has 0 bridgehead atoms. The van der Waals surface area contributed by atoms with Gasteiger partial charge in [0.25, 0.3) is 11.4 Å². The number of rotatable bonds is 9. The molecule has 0 amide bonds. The van der Waals surface area contributed by atoms with Crippen LogP contribution >= 0.6 is 7.75 Å². The van der Waals surface area contributed by atoms with Crippen molar-refractivity contribution in [2.24, 2.45) is 0 Å². The summed E-state index contributed by atoms with van der Waals surface area (Å²) in [6.45, 7) is 4.25. The van der Waals surface area contributed by atoms with Crippen LogP contribution in [0.1, 0.15) is 13.8 Å². The maximum absolute atomic E-state index is 13.4. The minimum absolute atomic E-state index is 0.128. The molecule has 0 aliphatic carbocycles. The van der Waals surface area contributed by atoms with Gasteiger partial charge in [-0.05, 0) is 24.3 Å². The van der Waals surface area contributed by atoms with Crippen LogP contribution < -0.4 is 9.05 Å². The fourth-order valence-electron chi connectivity index (χ4n) is 2.23. The van der Waals surface area contributed by atoms with Crippen LogP contribution in [0.2, 0.25) is 0 Å². The number of nitrogens with zero attached hydrogens (tertiary/aromatic N) is 3. The molecule has 27 heavy (non-hydrogen) atoms. The predicted octanol–water partition coefficient (Wildman–Crippen LogP) is 4.41. The number of non-ortho nitro benzene ring substituents is 2. The molecule has 2 aromatic carbocycles. The Balaban J connectivity index is 2.30. The van der Waals surface area contributed by atoms with Crippen molar-refractivity contribution in [2.45, 2.75) is 13.8 Å². The highest BCUT2D eigenvalue weighted by molar-refractivity contribution is 7.52. The highest BCUT2D eigenvalue weighted by atomic mass is 31.2. The summed E-state index contributed by atoms with van der Waals surface area (Å²) in [5.41, 5.74) is -0.257. The summed E-state index contributed by atoms with van der Waals surface area (Å²) in [7, 11) is -3.86. The number of hydrogen-bond acceptors (Lipinski definition) is 7. The maximum atomic E-state index is 13.4. The third-order valence-corrected chi connectivity index (χ3v) is 5.75. The van der Waals surface area contributed by atoms with E-state index in [9.17, 15) is 24.8 Å². The summed E-state index contributed by atoms with van der Waals surface area (Å²) in [5, 5.41) is 21.5. The molecule has 0 N–H and O–H groups in total. The van der Waals surface area contributed by atoms with Gasteiger partial charge in [0.15, 0.2) is 0 Å². The number of nitro groups is 2. The lowest BCUT2D eigenvalue weighted by atomic mass is 10.3. The van der Waals surface area contributed by atoms with Crippen molar-refractivity contribution in [1.29, 1.82) is 0 Å². The molecule has 0 radical (unpaired) electrons. The first-order valence-electron chi connectivity index (χ1n) is 8.02. The van der Waals surface area contributed by atoms with Gasteiger partial charge in [0.1, 0.15) is 11.5 Å². The Hall–Kier alpha value is -2.97. The molecule has 0 atom stereocenters. The van der Waals surface area contributed by atoms with E-state index in [-0.39, 0.29) is 22.9 Å². The average molecular weight is 395 g/mol. The second kappa shape index (κ2) is 8.61. The molecule has 0 spiro atoms. The third-order valence-electron chi connectivity index (χ3n) is 3.61. The van der Waals surface area contributed by atoms with Gasteiger partial charge in [0.2, 0.25) is 0 Å². The molecular weight excluding hydrogens is 377 g/mol. The Morgan fingerprint density at radius 1 is 0.815 bits per heavy atom. The predicted molar refractivity (Wildman–Crippen MR) is 98.0 cm³/mol. The van der Waals surface area contributed by atoms with E-state index in [1.54, 1.807) is 13.8 Å². The molecule has 2 aromatic rings. The molecule has 144 valence electrons. The first-order chi connectivity index (χ1) is 12.8. The standard InChI is InChI=1S/C16H18N3O7P/c1-3-17(4-2)27(24,25-15-9-5-13(6-10-15)18(20)21)26-16-11-7-14(8-12-16)19(22)23/h5-12H,3-4H2,1-2H3. The van der Waals surface area contributed by atoms with Crippen LogP contribution in [-0.2, 0) is 4.57 Å². The first-order valence-corrected chi connectivity index (χ1v) is 9.52. The fourth-order valence-corrected chi connectivity index (χ4v) is 3.97. The van der Waals surface area contributed by atoms with Gasteiger partial charge in [-0.2, -0.15) is 4.67 Å². The van der Waals surface area contributed by atoms with E-state index in [2.05, 4.69) is 0 Å².